The third-order valence-corrected chi connectivity index (χ3v) is 5.14. The van der Waals surface area contributed by atoms with Gasteiger partial charge in [-0.3, -0.25) is 4.79 Å². The minimum atomic E-state index is -4.53. The average molecular weight is 488 g/mol. The van der Waals surface area contributed by atoms with Gasteiger partial charge in [-0.1, -0.05) is 28.1 Å². The molecule has 1 N–H and O–H groups in total. The van der Waals surface area contributed by atoms with Gasteiger partial charge in [0.05, 0.1) is 5.56 Å². The number of hydrogen-bond donors (Lipinski definition) is 1. The number of nitrogens with zero attached hydrogens (tertiary/aromatic N) is 2. The summed E-state index contributed by atoms with van der Waals surface area (Å²) in [6.07, 6.45) is -3.10. The van der Waals surface area contributed by atoms with Gasteiger partial charge in [-0.15, -0.1) is 0 Å². The highest BCUT2D eigenvalue weighted by Gasteiger charge is 2.30. The summed E-state index contributed by atoms with van der Waals surface area (Å²) in [5.74, 6) is -0.783. The summed E-state index contributed by atoms with van der Waals surface area (Å²) in [4.78, 5) is 12.5. The van der Waals surface area contributed by atoms with Gasteiger partial charge in [-0.25, -0.2) is 0 Å². The van der Waals surface area contributed by atoms with Gasteiger partial charge < -0.3 is 9.88 Å². The molecule has 0 saturated heterocycles. The second-order valence-electron chi connectivity index (χ2n) is 6.84. The van der Waals surface area contributed by atoms with Crippen molar-refractivity contribution in [2.24, 2.45) is 0 Å². The fourth-order valence-electron chi connectivity index (χ4n) is 3.22. The van der Waals surface area contributed by atoms with E-state index in [0.29, 0.717) is 5.56 Å². The zero-order chi connectivity index (χ0) is 22.8. The van der Waals surface area contributed by atoms with Crippen molar-refractivity contribution in [3.63, 3.8) is 0 Å². The van der Waals surface area contributed by atoms with Crippen LogP contribution in [0.3, 0.4) is 0 Å². The van der Waals surface area contributed by atoms with Gasteiger partial charge in [0.2, 0.25) is 0 Å². The summed E-state index contributed by atoms with van der Waals surface area (Å²) >= 11 is 3.44. The van der Waals surface area contributed by atoms with Gasteiger partial charge in [0, 0.05) is 27.2 Å². The minimum absolute atomic E-state index is 0.0411. The summed E-state index contributed by atoms with van der Waals surface area (Å²) in [7, 11) is 0. The van der Waals surface area contributed by atoms with Crippen molar-refractivity contribution >= 4 is 33.6 Å². The Morgan fingerprint density at radius 3 is 2.48 bits per heavy atom. The summed E-state index contributed by atoms with van der Waals surface area (Å²) in [5.41, 5.74) is 2.15. The van der Waals surface area contributed by atoms with Gasteiger partial charge in [0.15, 0.2) is 0 Å². The number of carbonyl (C=O) groups excluding carboxylic acids is 1. The number of rotatable bonds is 4. The van der Waals surface area contributed by atoms with E-state index in [9.17, 15) is 23.2 Å². The van der Waals surface area contributed by atoms with Gasteiger partial charge in [0.25, 0.3) is 5.91 Å². The molecule has 2 aromatic carbocycles. The maximum Gasteiger partial charge on any atom is 0.416 e. The third kappa shape index (κ3) is 5.06. The fraction of sp³-hybridized carbons (Fsp3) is 0.130. The van der Waals surface area contributed by atoms with Crippen molar-refractivity contribution in [2.75, 3.05) is 5.32 Å². The van der Waals surface area contributed by atoms with Crippen LogP contribution < -0.4 is 5.32 Å². The molecule has 3 aromatic rings. The molecule has 0 fully saturated rings. The maximum absolute atomic E-state index is 12.9. The van der Waals surface area contributed by atoms with Gasteiger partial charge in [-0.2, -0.15) is 18.4 Å². The molecule has 1 aromatic heterocycles. The molecule has 0 saturated carbocycles. The molecule has 8 heteroatoms. The Kier molecular flexibility index (Phi) is 6.37. The molecular formula is C23H17BrF3N3O. The highest BCUT2D eigenvalue weighted by Crippen LogP contribution is 2.31. The molecule has 4 nitrogen and oxygen atoms in total. The van der Waals surface area contributed by atoms with E-state index in [0.717, 1.165) is 33.7 Å². The molecule has 0 unspecified atom stereocenters. The predicted molar refractivity (Wildman–Crippen MR) is 117 cm³/mol. The van der Waals surface area contributed by atoms with Crippen LogP contribution in [0.4, 0.5) is 18.9 Å². The highest BCUT2D eigenvalue weighted by molar-refractivity contribution is 9.10. The number of halogens is 4. The van der Waals surface area contributed by atoms with Crippen LogP contribution in [0.2, 0.25) is 0 Å². The Balaban J connectivity index is 1.91. The van der Waals surface area contributed by atoms with Crippen LogP contribution >= 0.6 is 15.9 Å². The van der Waals surface area contributed by atoms with E-state index in [1.807, 2.05) is 54.8 Å². The van der Waals surface area contributed by atoms with Crippen LogP contribution in [-0.4, -0.2) is 10.5 Å². The lowest BCUT2D eigenvalue weighted by Gasteiger charge is -2.10. The van der Waals surface area contributed by atoms with Crippen LogP contribution in [-0.2, 0) is 11.0 Å². The molecule has 158 valence electrons. The van der Waals surface area contributed by atoms with Gasteiger partial charge in [-0.05, 0) is 68.0 Å². The normalized spacial score (nSPS) is 11.8. The van der Waals surface area contributed by atoms with E-state index in [2.05, 4.69) is 21.2 Å². The first kappa shape index (κ1) is 22.4. The van der Waals surface area contributed by atoms with Crippen molar-refractivity contribution in [1.29, 1.82) is 5.26 Å². The molecule has 0 bridgehead atoms. The van der Waals surface area contributed by atoms with Crippen LogP contribution in [0.5, 0.6) is 0 Å². The molecule has 0 atom stereocenters. The van der Waals surface area contributed by atoms with E-state index >= 15 is 0 Å². The maximum atomic E-state index is 12.9. The number of amides is 1. The van der Waals surface area contributed by atoms with E-state index in [-0.39, 0.29) is 11.3 Å². The third-order valence-electron chi connectivity index (χ3n) is 4.65. The minimum Gasteiger partial charge on any atom is -0.321 e. The Morgan fingerprint density at radius 1 is 1.13 bits per heavy atom. The van der Waals surface area contributed by atoms with Gasteiger partial charge >= 0.3 is 6.18 Å². The van der Waals surface area contributed by atoms with Crippen molar-refractivity contribution in [3.05, 3.63) is 87.2 Å². The monoisotopic (exact) mass is 487 g/mol. The smallest absolute Gasteiger partial charge is 0.321 e. The topological polar surface area (TPSA) is 57.8 Å². The molecule has 31 heavy (non-hydrogen) atoms. The number of nitrogens with one attached hydrogen (secondary N) is 1. The molecule has 0 aliphatic carbocycles. The summed E-state index contributed by atoms with van der Waals surface area (Å²) < 4.78 is 41.5. The first-order valence-corrected chi connectivity index (χ1v) is 9.94. The number of carbonyl (C=O) groups is 1. The SMILES string of the molecule is Cc1cc(/C=C(/C#N)C(=O)Nc2cccc(C(F)(F)F)c2)c(C)n1-c1cccc(Br)c1. The lowest BCUT2D eigenvalue weighted by molar-refractivity contribution is -0.137. The first-order valence-electron chi connectivity index (χ1n) is 9.15. The number of alkyl halides is 3. The second-order valence-corrected chi connectivity index (χ2v) is 7.76. The quantitative estimate of drug-likeness (QED) is 0.340. The first-order chi connectivity index (χ1) is 14.6. The molecular weight excluding hydrogens is 471 g/mol. The molecule has 0 aliphatic heterocycles. The van der Waals surface area contributed by atoms with Gasteiger partial charge in [0.1, 0.15) is 11.6 Å². The largest absolute Gasteiger partial charge is 0.416 e. The van der Waals surface area contributed by atoms with Crippen LogP contribution in [0.15, 0.2) is 64.6 Å². The number of hydrogen-bond acceptors (Lipinski definition) is 2. The predicted octanol–water partition coefficient (Wildman–Crippen LogP) is 6.42. The Labute approximate surface area is 185 Å². The lowest BCUT2D eigenvalue weighted by atomic mass is 10.1. The Bertz CT molecular complexity index is 1220. The van der Waals surface area contributed by atoms with E-state index in [1.54, 1.807) is 0 Å². The van der Waals surface area contributed by atoms with Crippen LogP contribution in [0, 0.1) is 25.2 Å². The number of nitriles is 1. The van der Waals surface area contributed by atoms with E-state index in [1.165, 1.54) is 18.2 Å². The molecule has 3 rings (SSSR count). The number of aromatic nitrogens is 1. The summed E-state index contributed by atoms with van der Waals surface area (Å²) in [5, 5.41) is 11.8. The van der Waals surface area contributed by atoms with Crippen molar-refractivity contribution in [1.82, 2.24) is 4.57 Å². The van der Waals surface area contributed by atoms with Crippen LogP contribution in [0.1, 0.15) is 22.5 Å². The molecule has 1 amide bonds. The Morgan fingerprint density at radius 2 is 1.84 bits per heavy atom. The Hall–Kier alpha value is -3.31. The van der Waals surface area contributed by atoms with E-state index < -0.39 is 17.6 Å². The van der Waals surface area contributed by atoms with Crippen LogP contribution in [0.25, 0.3) is 11.8 Å². The zero-order valence-corrected chi connectivity index (χ0v) is 18.2. The number of aryl methyl sites for hydroxylation is 1. The summed E-state index contributed by atoms with van der Waals surface area (Å²) in [6.45, 7) is 3.76. The van der Waals surface area contributed by atoms with Crippen molar-refractivity contribution in [2.45, 2.75) is 20.0 Å². The summed E-state index contributed by atoms with van der Waals surface area (Å²) in [6, 6.07) is 15.6. The average Bonchev–Trinajstić information content (AvgIpc) is 2.98. The standard InChI is InChI=1S/C23H17BrF3N3O/c1-14-9-16(15(2)30(14)21-8-4-6-19(24)12-21)10-17(13-28)22(31)29-20-7-3-5-18(11-20)23(25,26)27/h3-12H,1-2H3,(H,29,31)/b17-10-. The molecule has 0 aliphatic rings. The number of anilines is 1. The van der Waals surface area contributed by atoms with Crippen molar-refractivity contribution < 1.29 is 18.0 Å². The van der Waals surface area contributed by atoms with E-state index in [4.69, 9.17) is 0 Å². The number of benzene rings is 2. The second kappa shape index (κ2) is 8.82. The highest BCUT2D eigenvalue weighted by atomic mass is 79.9. The lowest BCUT2D eigenvalue weighted by Crippen LogP contribution is -2.14. The molecule has 1 heterocycles. The molecule has 0 radical (unpaired) electrons. The molecule has 0 spiro atoms. The fourth-order valence-corrected chi connectivity index (χ4v) is 3.61. The van der Waals surface area contributed by atoms with Crippen molar-refractivity contribution in [3.8, 4) is 11.8 Å². The zero-order valence-electron chi connectivity index (χ0n) is 16.6.